The molecule has 0 aliphatic heterocycles. The van der Waals surface area contributed by atoms with Crippen molar-refractivity contribution in [3.8, 4) is 22.5 Å². The van der Waals surface area contributed by atoms with E-state index < -0.39 is 12.1 Å². The number of nitrogens with zero attached hydrogens (tertiary/aromatic N) is 5. The van der Waals surface area contributed by atoms with Crippen LogP contribution >= 0.6 is 0 Å². The maximum Gasteiger partial charge on any atom is 0.490 e. The van der Waals surface area contributed by atoms with Gasteiger partial charge in [-0.1, -0.05) is 30.3 Å². The standard InChI is InChI=1S/C31H38N8O2.C2HF3O2/c1-21-11-12-24(15-22(21)2)20-38(4)14-7-6-13-32-31(41)34-29-18-26(16-27(19-29)30-35-36-37-39(30)5)25-9-8-10-28(17-25)33-23(3)40;3-2(4,5)1(6)7/h8-12,15-19H,6-7,13-14,20H2,1-5H3,(H,33,40)(H2,32,34,41);(H,6,7). The van der Waals surface area contributed by atoms with Gasteiger partial charge in [-0.25, -0.2) is 14.3 Å². The monoisotopic (exact) mass is 668 g/mol. The number of alkyl halides is 3. The number of urea groups is 1. The fraction of sp³-hybridized carbons (Fsp3) is 0.333. The summed E-state index contributed by atoms with van der Waals surface area (Å²) in [5.74, 6) is -2.33. The normalized spacial score (nSPS) is 11.0. The van der Waals surface area contributed by atoms with E-state index in [2.05, 4.69) is 75.5 Å². The number of carbonyl (C=O) groups excluding carboxylic acids is 2. The van der Waals surface area contributed by atoms with Gasteiger partial charge in [0.15, 0.2) is 5.82 Å². The van der Waals surface area contributed by atoms with Gasteiger partial charge in [0.05, 0.1) is 0 Å². The van der Waals surface area contributed by atoms with E-state index in [9.17, 15) is 22.8 Å². The van der Waals surface area contributed by atoms with Crippen LogP contribution < -0.4 is 16.0 Å². The Hall–Kier alpha value is -5.31. The second-order valence-corrected chi connectivity index (χ2v) is 11.2. The first kappa shape index (κ1) is 37.2. The number of rotatable bonds is 11. The molecule has 0 unspecified atom stereocenters. The van der Waals surface area contributed by atoms with Crippen molar-refractivity contribution in [2.24, 2.45) is 7.05 Å². The van der Waals surface area contributed by atoms with Crippen LogP contribution in [-0.2, 0) is 23.2 Å². The molecule has 0 aliphatic carbocycles. The number of nitrogens with one attached hydrogen (secondary N) is 3. The number of aromatic nitrogens is 4. The number of hydrogen-bond donors (Lipinski definition) is 4. The molecule has 48 heavy (non-hydrogen) atoms. The number of carboxylic acids is 1. The van der Waals surface area contributed by atoms with E-state index in [1.54, 1.807) is 11.7 Å². The number of halogens is 3. The number of aryl methyl sites for hydroxylation is 3. The van der Waals surface area contributed by atoms with Gasteiger partial charge >= 0.3 is 18.2 Å². The average Bonchev–Trinajstić information content (AvgIpc) is 3.44. The molecule has 0 radical (unpaired) electrons. The Morgan fingerprint density at radius 3 is 2.21 bits per heavy atom. The summed E-state index contributed by atoms with van der Waals surface area (Å²) in [4.78, 5) is 35.5. The summed E-state index contributed by atoms with van der Waals surface area (Å²) in [5, 5.41) is 27.7. The SMILES string of the molecule is CC(=O)Nc1cccc(-c2cc(NC(=O)NCCCCN(C)Cc3ccc(C)c(C)c3)cc(-c3nnnn3C)c2)c1.O=C(O)C(F)(F)F. The first-order valence-corrected chi connectivity index (χ1v) is 15.0. The average molecular weight is 669 g/mol. The lowest BCUT2D eigenvalue weighted by Crippen LogP contribution is -2.30. The minimum absolute atomic E-state index is 0.145. The molecule has 0 bridgehead atoms. The van der Waals surface area contributed by atoms with E-state index in [1.165, 1.54) is 23.6 Å². The summed E-state index contributed by atoms with van der Waals surface area (Å²) in [7, 11) is 3.89. The fourth-order valence-electron chi connectivity index (χ4n) is 4.63. The Kier molecular flexibility index (Phi) is 13.2. The molecule has 15 heteroatoms. The Morgan fingerprint density at radius 1 is 0.896 bits per heavy atom. The number of hydrogen-bond acceptors (Lipinski definition) is 7. The summed E-state index contributed by atoms with van der Waals surface area (Å²) in [6, 6.07) is 19.5. The molecule has 4 N–H and O–H groups in total. The van der Waals surface area contributed by atoms with Gasteiger partial charge in [0.1, 0.15) is 0 Å². The minimum Gasteiger partial charge on any atom is -0.475 e. The summed E-state index contributed by atoms with van der Waals surface area (Å²) in [5.41, 5.74) is 7.71. The molecule has 1 aromatic heterocycles. The molecule has 0 saturated carbocycles. The van der Waals surface area contributed by atoms with Crippen molar-refractivity contribution in [2.75, 3.05) is 30.8 Å². The van der Waals surface area contributed by atoms with Gasteiger partial charge in [0.2, 0.25) is 5.91 Å². The molecule has 0 fully saturated rings. The topological polar surface area (TPSA) is 154 Å². The Bertz CT molecular complexity index is 1730. The third-order valence-corrected chi connectivity index (χ3v) is 7.10. The van der Waals surface area contributed by atoms with Gasteiger partial charge < -0.3 is 26.0 Å². The number of carbonyl (C=O) groups is 3. The molecule has 0 spiro atoms. The number of tetrazole rings is 1. The van der Waals surface area contributed by atoms with Gasteiger partial charge in [-0.15, -0.1) is 5.10 Å². The number of unbranched alkanes of at least 4 members (excludes halogenated alkanes) is 1. The van der Waals surface area contributed by atoms with Crippen molar-refractivity contribution in [1.29, 1.82) is 0 Å². The van der Waals surface area contributed by atoms with Crippen molar-refractivity contribution >= 4 is 29.3 Å². The number of carboxylic acid groups (broad SMARTS) is 1. The molecule has 0 aliphatic rings. The predicted molar refractivity (Wildman–Crippen MR) is 176 cm³/mol. The second kappa shape index (κ2) is 17.0. The summed E-state index contributed by atoms with van der Waals surface area (Å²) in [6.07, 6.45) is -3.23. The molecule has 3 amide bonds. The molecular formula is C33H39F3N8O4. The first-order chi connectivity index (χ1) is 22.6. The van der Waals surface area contributed by atoms with Crippen LogP contribution in [-0.4, -0.2) is 74.4 Å². The number of aliphatic carboxylic acids is 1. The zero-order valence-corrected chi connectivity index (χ0v) is 27.4. The molecule has 1 heterocycles. The lowest BCUT2D eigenvalue weighted by Gasteiger charge is -2.17. The van der Waals surface area contributed by atoms with E-state index in [1.807, 2.05) is 42.5 Å². The minimum atomic E-state index is -5.08. The molecule has 0 atom stereocenters. The van der Waals surface area contributed by atoms with Crippen LogP contribution in [0.2, 0.25) is 0 Å². The van der Waals surface area contributed by atoms with Crippen molar-refractivity contribution in [3.05, 3.63) is 77.4 Å². The largest absolute Gasteiger partial charge is 0.490 e. The smallest absolute Gasteiger partial charge is 0.475 e. The van der Waals surface area contributed by atoms with Crippen LogP contribution in [0.15, 0.2) is 60.7 Å². The third kappa shape index (κ3) is 11.8. The third-order valence-electron chi connectivity index (χ3n) is 7.10. The predicted octanol–water partition coefficient (Wildman–Crippen LogP) is 5.79. The molecule has 4 rings (SSSR count). The van der Waals surface area contributed by atoms with E-state index in [4.69, 9.17) is 9.90 Å². The molecule has 256 valence electrons. The number of amides is 3. The highest BCUT2D eigenvalue weighted by Gasteiger charge is 2.38. The summed E-state index contributed by atoms with van der Waals surface area (Å²) >= 11 is 0. The van der Waals surface area contributed by atoms with Crippen LogP contribution in [0.4, 0.5) is 29.3 Å². The van der Waals surface area contributed by atoms with Crippen LogP contribution in [0.5, 0.6) is 0 Å². The van der Waals surface area contributed by atoms with Crippen LogP contribution in [0, 0.1) is 13.8 Å². The Balaban J connectivity index is 0.000000804. The summed E-state index contributed by atoms with van der Waals surface area (Å²) < 4.78 is 33.3. The lowest BCUT2D eigenvalue weighted by molar-refractivity contribution is -0.192. The second-order valence-electron chi connectivity index (χ2n) is 11.2. The van der Waals surface area contributed by atoms with Gasteiger partial charge in [0.25, 0.3) is 0 Å². The maximum atomic E-state index is 12.8. The maximum absolute atomic E-state index is 12.8. The van der Waals surface area contributed by atoms with Crippen molar-refractivity contribution in [1.82, 2.24) is 30.4 Å². The van der Waals surface area contributed by atoms with Crippen LogP contribution in [0.1, 0.15) is 36.5 Å². The Morgan fingerprint density at radius 2 is 1.58 bits per heavy atom. The van der Waals surface area contributed by atoms with Crippen molar-refractivity contribution in [2.45, 2.75) is 46.3 Å². The van der Waals surface area contributed by atoms with Gasteiger partial charge in [0, 0.05) is 44.0 Å². The first-order valence-electron chi connectivity index (χ1n) is 15.0. The quantitative estimate of drug-likeness (QED) is 0.147. The van der Waals surface area contributed by atoms with Gasteiger partial charge in [-0.2, -0.15) is 13.2 Å². The fourth-order valence-corrected chi connectivity index (χ4v) is 4.63. The van der Waals surface area contributed by atoms with Gasteiger partial charge in [-0.3, -0.25) is 4.79 Å². The number of anilines is 2. The van der Waals surface area contributed by atoms with Crippen molar-refractivity contribution < 1.29 is 32.7 Å². The number of benzene rings is 3. The highest BCUT2D eigenvalue weighted by molar-refractivity contribution is 5.92. The van der Waals surface area contributed by atoms with E-state index >= 15 is 0 Å². The van der Waals surface area contributed by atoms with E-state index in [0.717, 1.165) is 42.6 Å². The molecule has 4 aromatic rings. The van der Waals surface area contributed by atoms with Crippen LogP contribution in [0.25, 0.3) is 22.5 Å². The van der Waals surface area contributed by atoms with E-state index in [0.29, 0.717) is 23.7 Å². The summed E-state index contributed by atoms with van der Waals surface area (Å²) in [6.45, 7) is 8.17. The highest BCUT2D eigenvalue weighted by atomic mass is 19.4. The van der Waals surface area contributed by atoms with Crippen molar-refractivity contribution in [3.63, 3.8) is 0 Å². The van der Waals surface area contributed by atoms with Gasteiger partial charge in [-0.05, 0) is 109 Å². The highest BCUT2D eigenvalue weighted by Crippen LogP contribution is 2.30. The zero-order chi connectivity index (χ0) is 35.4. The zero-order valence-electron chi connectivity index (χ0n) is 27.4. The Labute approximate surface area is 276 Å². The van der Waals surface area contributed by atoms with Crippen LogP contribution in [0.3, 0.4) is 0 Å². The lowest BCUT2D eigenvalue weighted by atomic mass is 10.0. The molecule has 12 nitrogen and oxygen atoms in total. The molecular weight excluding hydrogens is 629 g/mol. The molecule has 0 saturated heterocycles. The van der Waals surface area contributed by atoms with E-state index in [-0.39, 0.29) is 11.9 Å². The molecule has 3 aromatic carbocycles.